The van der Waals surface area contributed by atoms with Gasteiger partial charge in [-0.1, -0.05) is 50.0 Å². The molecule has 0 saturated carbocycles. The summed E-state index contributed by atoms with van der Waals surface area (Å²) in [7, 11) is 0. The first kappa shape index (κ1) is 14.8. The molecule has 0 aliphatic heterocycles. The van der Waals surface area contributed by atoms with E-state index in [0.717, 1.165) is 30.1 Å². The van der Waals surface area contributed by atoms with Crippen LogP contribution in [0.4, 0.5) is 0 Å². The van der Waals surface area contributed by atoms with Gasteiger partial charge in [-0.15, -0.1) is 0 Å². The van der Waals surface area contributed by atoms with Gasteiger partial charge in [0.15, 0.2) is 0 Å². The third-order valence-corrected chi connectivity index (χ3v) is 3.22. The molecule has 96 valence electrons. The van der Waals surface area contributed by atoms with Crippen LogP contribution in [0, 0.1) is 5.41 Å². The number of hydrogen-bond acceptors (Lipinski definition) is 1. The van der Waals surface area contributed by atoms with E-state index in [1.54, 1.807) is 6.07 Å². The molecule has 1 N–H and O–H groups in total. The Kier molecular flexibility index (Phi) is 5.78. The normalized spacial score (nSPS) is 11.8. The van der Waals surface area contributed by atoms with Crippen LogP contribution in [-0.2, 0) is 6.42 Å². The summed E-state index contributed by atoms with van der Waals surface area (Å²) in [6, 6.07) is 5.68. The zero-order chi connectivity index (χ0) is 12.9. The first-order valence-corrected chi connectivity index (χ1v) is 6.79. The molecule has 1 nitrogen and oxygen atoms in total. The molecule has 0 radical (unpaired) electrons. The number of rotatable bonds is 5. The summed E-state index contributed by atoms with van der Waals surface area (Å²) >= 11 is 12.0. The zero-order valence-corrected chi connectivity index (χ0v) is 12.3. The topological polar surface area (TPSA) is 12.0 Å². The maximum atomic E-state index is 6.10. The van der Waals surface area contributed by atoms with Crippen LogP contribution in [0.3, 0.4) is 0 Å². The molecule has 0 saturated heterocycles. The minimum absolute atomic E-state index is 0.394. The zero-order valence-electron chi connectivity index (χ0n) is 10.8. The highest BCUT2D eigenvalue weighted by atomic mass is 35.5. The molecule has 0 atom stereocenters. The van der Waals surface area contributed by atoms with Crippen molar-refractivity contribution in [3.63, 3.8) is 0 Å². The van der Waals surface area contributed by atoms with Crippen LogP contribution in [0.2, 0.25) is 10.0 Å². The van der Waals surface area contributed by atoms with Gasteiger partial charge in [0.25, 0.3) is 0 Å². The van der Waals surface area contributed by atoms with E-state index in [9.17, 15) is 0 Å². The van der Waals surface area contributed by atoms with Gasteiger partial charge in [-0.3, -0.25) is 0 Å². The summed E-state index contributed by atoms with van der Waals surface area (Å²) < 4.78 is 0. The van der Waals surface area contributed by atoms with Crippen molar-refractivity contribution < 1.29 is 0 Å². The lowest BCUT2D eigenvalue weighted by atomic mass is 9.92. The van der Waals surface area contributed by atoms with Crippen LogP contribution in [0.15, 0.2) is 18.2 Å². The summed E-state index contributed by atoms with van der Waals surface area (Å²) in [5.41, 5.74) is 1.55. The average Bonchev–Trinajstić information content (AvgIpc) is 2.18. The van der Waals surface area contributed by atoms with Crippen LogP contribution in [0.25, 0.3) is 0 Å². The Morgan fingerprint density at radius 1 is 1.12 bits per heavy atom. The van der Waals surface area contributed by atoms with Crippen LogP contribution >= 0.6 is 23.2 Å². The summed E-state index contributed by atoms with van der Waals surface area (Å²) in [5, 5.41) is 4.89. The van der Waals surface area contributed by atoms with E-state index in [4.69, 9.17) is 23.2 Å². The Morgan fingerprint density at radius 2 is 1.82 bits per heavy atom. The average molecular weight is 274 g/mol. The number of nitrogens with one attached hydrogen (secondary N) is 1. The molecule has 1 aromatic carbocycles. The van der Waals surface area contributed by atoms with Gasteiger partial charge in [0, 0.05) is 10.0 Å². The van der Waals surface area contributed by atoms with Gasteiger partial charge in [-0.2, -0.15) is 0 Å². The molecule has 1 rings (SSSR count). The molecule has 1 aromatic rings. The Bertz CT molecular complexity index is 356. The van der Waals surface area contributed by atoms with Gasteiger partial charge in [0.2, 0.25) is 0 Å². The van der Waals surface area contributed by atoms with Crippen molar-refractivity contribution in [3.05, 3.63) is 33.8 Å². The molecule has 0 bridgehead atoms. The molecule has 0 aliphatic rings. The Hall–Kier alpha value is -0.240. The van der Waals surface area contributed by atoms with Crippen molar-refractivity contribution in [2.75, 3.05) is 13.1 Å². The smallest absolute Gasteiger partial charge is 0.0453 e. The van der Waals surface area contributed by atoms with E-state index in [2.05, 4.69) is 26.1 Å². The third-order valence-electron chi connectivity index (χ3n) is 2.64. The predicted octanol–water partition coefficient (Wildman–Crippen LogP) is 4.56. The largest absolute Gasteiger partial charge is 0.316 e. The van der Waals surface area contributed by atoms with Crippen LogP contribution in [0.5, 0.6) is 0 Å². The highest BCUT2D eigenvalue weighted by molar-refractivity contribution is 6.35. The number of halogens is 2. The number of benzene rings is 1. The van der Waals surface area contributed by atoms with Crippen molar-refractivity contribution >= 4 is 23.2 Å². The summed E-state index contributed by atoms with van der Waals surface area (Å²) in [5.74, 6) is 0. The number of hydrogen-bond donors (Lipinski definition) is 1. The lowest BCUT2D eigenvalue weighted by molar-refractivity contribution is 0.368. The summed E-state index contributed by atoms with van der Waals surface area (Å²) in [4.78, 5) is 0. The molecule has 0 fully saturated rings. The molecule has 0 unspecified atom stereocenters. The fraction of sp³-hybridized carbons (Fsp3) is 0.571. The molecule has 0 aromatic heterocycles. The summed E-state index contributed by atoms with van der Waals surface area (Å²) in [6.07, 6.45) is 2.13. The van der Waals surface area contributed by atoms with Gasteiger partial charge in [0.05, 0.1) is 0 Å². The Morgan fingerprint density at radius 3 is 2.41 bits per heavy atom. The molecular weight excluding hydrogens is 253 g/mol. The quantitative estimate of drug-likeness (QED) is 0.776. The van der Waals surface area contributed by atoms with Crippen molar-refractivity contribution in [1.82, 2.24) is 5.32 Å². The van der Waals surface area contributed by atoms with Gasteiger partial charge < -0.3 is 5.32 Å². The van der Waals surface area contributed by atoms with Crippen molar-refractivity contribution in [2.45, 2.75) is 33.6 Å². The second-order valence-electron chi connectivity index (χ2n) is 5.55. The standard InChI is InChI=1S/C14H21Cl2N/c1-14(2,3)7-9-17-8-6-11-4-5-12(15)10-13(11)16/h4-5,10,17H,6-9H2,1-3H3. The molecule has 0 amide bonds. The predicted molar refractivity (Wildman–Crippen MR) is 77.1 cm³/mol. The highest BCUT2D eigenvalue weighted by Gasteiger charge is 2.08. The van der Waals surface area contributed by atoms with Gasteiger partial charge >= 0.3 is 0 Å². The van der Waals surface area contributed by atoms with Crippen molar-refractivity contribution in [3.8, 4) is 0 Å². The SMILES string of the molecule is CC(C)(C)CCNCCc1ccc(Cl)cc1Cl. The van der Waals surface area contributed by atoms with Crippen molar-refractivity contribution in [1.29, 1.82) is 0 Å². The van der Waals surface area contributed by atoms with E-state index >= 15 is 0 Å². The van der Waals surface area contributed by atoms with Crippen LogP contribution < -0.4 is 5.32 Å². The highest BCUT2D eigenvalue weighted by Crippen LogP contribution is 2.21. The minimum Gasteiger partial charge on any atom is -0.316 e. The molecule has 0 heterocycles. The molecule has 3 heteroatoms. The van der Waals surface area contributed by atoms with E-state index in [0.29, 0.717) is 10.4 Å². The fourth-order valence-corrected chi connectivity index (χ4v) is 2.04. The van der Waals surface area contributed by atoms with Gasteiger partial charge in [-0.25, -0.2) is 0 Å². The molecule has 0 aliphatic carbocycles. The third kappa shape index (κ3) is 6.30. The molecule has 0 spiro atoms. The maximum Gasteiger partial charge on any atom is 0.0453 e. The second kappa shape index (κ2) is 6.63. The molecule has 17 heavy (non-hydrogen) atoms. The first-order valence-electron chi connectivity index (χ1n) is 6.03. The summed E-state index contributed by atoms with van der Waals surface area (Å²) in [6.45, 7) is 8.77. The Labute approximate surface area is 115 Å². The first-order chi connectivity index (χ1) is 7.88. The van der Waals surface area contributed by atoms with E-state index in [1.807, 2.05) is 12.1 Å². The van der Waals surface area contributed by atoms with Crippen LogP contribution in [-0.4, -0.2) is 13.1 Å². The fourth-order valence-electron chi connectivity index (χ4n) is 1.54. The van der Waals surface area contributed by atoms with E-state index in [1.165, 1.54) is 6.42 Å². The Balaban J connectivity index is 2.27. The van der Waals surface area contributed by atoms with E-state index in [-0.39, 0.29) is 0 Å². The van der Waals surface area contributed by atoms with Gasteiger partial charge in [-0.05, 0) is 49.0 Å². The van der Waals surface area contributed by atoms with Crippen molar-refractivity contribution in [2.24, 2.45) is 5.41 Å². The van der Waals surface area contributed by atoms with E-state index < -0.39 is 0 Å². The molecular formula is C14H21Cl2N. The lowest BCUT2D eigenvalue weighted by Gasteiger charge is -2.18. The van der Waals surface area contributed by atoms with Crippen LogP contribution in [0.1, 0.15) is 32.8 Å². The van der Waals surface area contributed by atoms with Gasteiger partial charge in [0.1, 0.15) is 0 Å². The second-order valence-corrected chi connectivity index (χ2v) is 6.39. The maximum absolute atomic E-state index is 6.10. The monoisotopic (exact) mass is 273 g/mol. The lowest BCUT2D eigenvalue weighted by Crippen LogP contribution is -2.22. The minimum atomic E-state index is 0.394.